The SMILES string of the molecule is CC(C)C[C@@H](NC(=O)OCC1c2ccccc2-c2ccccc21)C(=O)NCC(C)CC(=O)O. The van der Waals surface area contributed by atoms with Crippen molar-refractivity contribution in [1.29, 1.82) is 0 Å². The molecular weight excluding hydrogens is 420 g/mol. The molecule has 0 aliphatic heterocycles. The first-order valence-corrected chi connectivity index (χ1v) is 11.4. The van der Waals surface area contributed by atoms with E-state index in [9.17, 15) is 14.4 Å². The molecule has 3 rings (SSSR count). The van der Waals surface area contributed by atoms with Crippen molar-refractivity contribution in [2.45, 2.75) is 45.6 Å². The van der Waals surface area contributed by atoms with Crippen molar-refractivity contribution >= 4 is 18.0 Å². The lowest BCUT2D eigenvalue weighted by molar-refractivity contribution is -0.138. The van der Waals surface area contributed by atoms with Crippen molar-refractivity contribution in [2.75, 3.05) is 13.2 Å². The molecule has 0 spiro atoms. The summed E-state index contributed by atoms with van der Waals surface area (Å²) >= 11 is 0. The number of carboxylic acids is 1. The fourth-order valence-corrected chi connectivity index (χ4v) is 4.25. The highest BCUT2D eigenvalue weighted by Crippen LogP contribution is 2.44. The maximum atomic E-state index is 12.7. The first-order chi connectivity index (χ1) is 15.8. The molecule has 0 fully saturated rings. The molecule has 2 amide bonds. The van der Waals surface area contributed by atoms with Gasteiger partial charge in [-0.05, 0) is 40.5 Å². The molecule has 2 aromatic carbocycles. The molecule has 2 atom stereocenters. The molecule has 0 saturated heterocycles. The van der Waals surface area contributed by atoms with E-state index >= 15 is 0 Å². The minimum atomic E-state index is -0.910. The number of hydrogen-bond donors (Lipinski definition) is 3. The minimum absolute atomic E-state index is 0.0328. The number of fused-ring (bicyclic) bond motifs is 3. The second kappa shape index (κ2) is 11.0. The third-order valence-electron chi connectivity index (χ3n) is 5.81. The van der Waals surface area contributed by atoms with E-state index in [4.69, 9.17) is 9.84 Å². The van der Waals surface area contributed by atoms with Crippen molar-refractivity contribution in [1.82, 2.24) is 10.6 Å². The summed E-state index contributed by atoms with van der Waals surface area (Å²) in [5.41, 5.74) is 4.54. The van der Waals surface area contributed by atoms with Crippen LogP contribution in [0.2, 0.25) is 0 Å². The van der Waals surface area contributed by atoms with Crippen molar-refractivity contribution in [3.05, 3.63) is 59.7 Å². The van der Waals surface area contributed by atoms with Gasteiger partial charge < -0.3 is 20.5 Å². The molecule has 7 heteroatoms. The quantitative estimate of drug-likeness (QED) is 0.502. The molecule has 0 radical (unpaired) electrons. The Labute approximate surface area is 194 Å². The molecule has 1 unspecified atom stereocenters. The Morgan fingerprint density at radius 1 is 0.970 bits per heavy atom. The molecule has 176 valence electrons. The molecule has 7 nitrogen and oxygen atoms in total. The Kier molecular flexibility index (Phi) is 8.09. The highest BCUT2D eigenvalue weighted by molar-refractivity contribution is 5.85. The van der Waals surface area contributed by atoms with E-state index in [1.165, 1.54) is 0 Å². The first kappa shape index (κ1) is 24.3. The molecule has 1 aliphatic carbocycles. The molecule has 1 aliphatic rings. The lowest BCUT2D eigenvalue weighted by atomic mass is 9.98. The Balaban J connectivity index is 1.60. The van der Waals surface area contributed by atoms with Crippen LogP contribution in [0.3, 0.4) is 0 Å². The van der Waals surface area contributed by atoms with E-state index in [0.29, 0.717) is 6.42 Å². The molecular formula is C26H32N2O5. The maximum Gasteiger partial charge on any atom is 0.407 e. The van der Waals surface area contributed by atoms with Crippen molar-refractivity contribution in [3.8, 4) is 11.1 Å². The molecule has 3 N–H and O–H groups in total. The zero-order valence-corrected chi connectivity index (χ0v) is 19.3. The Morgan fingerprint density at radius 2 is 1.55 bits per heavy atom. The maximum absolute atomic E-state index is 12.7. The van der Waals surface area contributed by atoms with Crippen LogP contribution in [-0.4, -0.2) is 42.3 Å². The fourth-order valence-electron chi connectivity index (χ4n) is 4.25. The molecule has 2 aromatic rings. The lowest BCUT2D eigenvalue weighted by Gasteiger charge is -2.22. The Bertz CT molecular complexity index is 958. The molecule has 0 heterocycles. The zero-order chi connectivity index (χ0) is 24.0. The van der Waals surface area contributed by atoms with E-state index in [1.807, 2.05) is 38.1 Å². The number of rotatable bonds is 10. The van der Waals surface area contributed by atoms with Crippen LogP contribution in [0.15, 0.2) is 48.5 Å². The van der Waals surface area contributed by atoms with Gasteiger partial charge >= 0.3 is 12.1 Å². The largest absolute Gasteiger partial charge is 0.481 e. The van der Waals surface area contributed by atoms with Crippen LogP contribution >= 0.6 is 0 Å². The summed E-state index contributed by atoms with van der Waals surface area (Å²) in [5, 5.41) is 14.3. The normalized spacial score (nSPS) is 14.2. The van der Waals surface area contributed by atoms with Crippen molar-refractivity contribution < 1.29 is 24.2 Å². The summed E-state index contributed by atoms with van der Waals surface area (Å²) in [4.78, 5) is 36.1. The van der Waals surface area contributed by atoms with Crippen LogP contribution in [0.4, 0.5) is 4.79 Å². The number of alkyl carbamates (subject to hydrolysis) is 1. The van der Waals surface area contributed by atoms with Gasteiger partial charge in [0.25, 0.3) is 0 Å². The standard InChI is InChI=1S/C26H32N2O5/c1-16(2)12-23(25(31)27-14-17(3)13-24(29)30)28-26(32)33-15-22-20-10-6-4-8-18(20)19-9-5-7-11-21(19)22/h4-11,16-17,22-23H,12-15H2,1-3H3,(H,27,31)(H,28,32)(H,29,30)/t17?,23-/m1/s1. The van der Waals surface area contributed by atoms with Crippen LogP contribution in [0.1, 0.15) is 50.7 Å². The number of carbonyl (C=O) groups excluding carboxylic acids is 2. The van der Waals surface area contributed by atoms with E-state index < -0.39 is 18.1 Å². The average Bonchev–Trinajstić information content (AvgIpc) is 3.08. The molecule has 0 saturated carbocycles. The highest BCUT2D eigenvalue weighted by atomic mass is 16.5. The second-order valence-electron chi connectivity index (χ2n) is 9.10. The number of ether oxygens (including phenoxy) is 1. The average molecular weight is 453 g/mol. The minimum Gasteiger partial charge on any atom is -0.481 e. The van der Waals surface area contributed by atoms with Gasteiger partial charge in [0.2, 0.25) is 5.91 Å². The van der Waals surface area contributed by atoms with E-state index in [1.54, 1.807) is 6.92 Å². The summed E-state index contributed by atoms with van der Waals surface area (Å²) in [6.45, 7) is 6.09. The summed E-state index contributed by atoms with van der Waals surface area (Å²) in [6, 6.07) is 15.4. The van der Waals surface area contributed by atoms with Crippen molar-refractivity contribution in [2.24, 2.45) is 11.8 Å². The van der Waals surface area contributed by atoms with Crippen LogP contribution in [0.25, 0.3) is 11.1 Å². The number of amides is 2. The molecule has 33 heavy (non-hydrogen) atoms. The molecule has 0 bridgehead atoms. The van der Waals surface area contributed by atoms with Gasteiger partial charge in [-0.2, -0.15) is 0 Å². The predicted octanol–water partition coefficient (Wildman–Crippen LogP) is 4.17. The second-order valence-corrected chi connectivity index (χ2v) is 9.10. The highest BCUT2D eigenvalue weighted by Gasteiger charge is 2.30. The number of carboxylic acid groups (broad SMARTS) is 1. The number of hydrogen-bond acceptors (Lipinski definition) is 4. The number of nitrogens with one attached hydrogen (secondary N) is 2. The van der Waals surface area contributed by atoms with Gasteiger partial charge in [0.1, 0.15) is 12.6 Å². The van der Waals surface area contributed by atoms with Gasteiger partial charge in [-0.25, -0.2) is 4.79 Å². The van der Waals surface area contributed by atoms with Gasteiger partial charge in [0, 0.05) is 18.9 Å². The Hall–Kier alpha value is -3.35. The van der Waals surface area contributed by atoms with Crippen LogP contribution < -0.4 is 10.6 Å². The smallest absolute Gasteiger partial charge is 0.407 e. The monoisotopic (exact) mass is 452 g/mol. The summed E-state index contributed by atoms with van der Waals surface area (Å²) < 4.78 is 5.57. The summed E-state index contributed by atoms with van der Waals surface area (Å²) in [6.07, 6.45) is -0.227. The van der Waals surface area contributed by atoms with E-state index in [2.05, 4.69) is 34.9 Å². The number of aliphatic carboxylic acids is 1. The van der Waals surface area contributed by atoms with Gasteiger partial charge in [-0.15, -0.1) is 0 Å². The summed E-state index contributed by atoms with van der Waals surface area (Å²) in [7, 11) is 0. The summed E-state index contributed by atoms with van der Waals surface area (Å²) in [5.74, 6) is -1.34. The van der Waals surface area contributed by atoms with Crippen LogP contribution in [0.5, 0.6) is 0 Å². The van der Waals surface area contributed by atoms with Gasteiger partial charge in [0.15, 0.2) is 0 Å². The van der Waals surface area contributed by atoms with E-state index in [0.717, 1.165) is 22.3 Å². The van der Waals surface area contributed by atoms with Crippen molar-refractivity contribution in [3.63, 3.8) is 0 Å². The third-order valence-corrected chi connectivity index (χ3v) is 5.81. The Morgan fingerprint density at radius 3 is 2.09 bits per heavy atom. The predicted molar refractivity (Wildman–Crippen MR) is 126 cm³/mol. The van der Waals surface area contributed by atoms with Gasteiger partial charge in [0.05, 0.1) is 0 Å². The van der Waals surface area contributed by atoms with Crippen LogP contribution in [-0.2, 0) is 14.3 Å². The van der Waals surface area contributed by atoms with E-state index in [-0.39, 0.29) is 43.2 Å². The number of carbonyl (C=O) groups is 3. The lowest BCUT2D eigenvalue weighted by Crippen LogP contribution is -2.48. The first-order valence-electron chi connectivity index (χ1n) is 11.4. The molecule has 0 aromatic heterocycles. The number of benzene rings is 2. The van der Waals surface area contributed by atoms with Gasteiger partial charge in [-0.1, -0.05) is 69.3 Å². The zero-order valence-electron chi connectivity index (χ0n) is 19.3. The fraction of sp³-hybridized carbons (Fsp3) is 0.423. The van der Waals surface area contributed by atoms with Crippen LogP contribution in [0, 0.1) is 11.8 Å². The van der Waals surface area contributed by atoms with Gasteiger partial charge in [-0.3, -0.25) is 9.59 Å². The topological polar surface area (TPSA) is 105 Å². The third kappa shape index (κ3) is 6.34.